The van der Waals surface area contributed by atoms with Crippen LogP contribution in [0.3, 0.4) is 0 Å². The maximum atomic E-state index is 13.5. The van der Waals surface area contributed by atoms with Crippen LogP contribution in [0.4, 0.5) is 10.1 Å². The number of aryl methyl sites for hydroxylation is 3. The second-order valence-corrected chi connectivity index (χ2v) is 10.7. The lowest BCUT2D eigenvalue weighted by Gasteiger charge is -2.41. The van der Waals surface area contributed by atoms with Crippen molar-refractivity contribution in [1.29, 1.82) is 5.26 Å². The molecule has 1 aliphatic rings. The molecular weight excluding hydrogens is 515 g/mol. The number of carbonyl (C=O) groups is 1. The van der Waals surface area contributed by atoms with E-state index in [-0.39, 0.29) is 11.4 Å². The van der Waals surface area contributed by atoms with E-state index in [1.54, 1.807) is 6.20 Å². The van der Waals surface area contributed by atoms with Crippen molar-refractivity contribution >= 4 is 17.6 Å². The van der Waals surface area contributed by atoms with Gasteiger partial charge in [0.05, 0.1) is 16.9 Å². The number of rotatable bonds is 7. The fraction of sp³-hybridized carbons (Fsp3) is 0.576. The third-order valence-corrected chi connectivity index (χ3v) is 6.54. The van der Waals surface area contributed by atoms with Crippen LogP contribution in [0.25, 0.3) is 5.65 Å². The molecule has 0 radical (unpaired) electrons. The minimum absolute atomic E-state index is 0.0750. The van der Waals surface area contributed by atoms with Crippen LogP contribution >= 0.6 is 0 Å². The first-order chi connectivity index (χ1) is 19.6. The molecule has 4 heterocycles. The number of halogens is 1. The Morgan fingerprint density at radius 2 is 1.80 bits per heavy atom. The standard InChI is InChI=1S/C16H24N4.C11H13FN2.C4H8O.C2H6/c1-5-6-14-12(2)18-10-13(9-17)15(14)20-8-7-19-16(3,4)11-20;1-3-4-9-7-14-6-8(2)13-11(14)5-10(9)12;1-2-3-4-5;1-2/h10,19H,5-8,11H2,1-4H3;5-7H,3-4H2,1-2H3;4H,2-3H2,1H3;1-2H3. The summed E-state index contributed by atoms with van der Waals surface area (Å²) in [5.74, 6) is -0.148. The summed E-state index contributed by atoms with van der Waals surface area (Å²) >= 11 is 0. The number of pyridine rings is 2. The van der Waals surface area contributed by atoms with Gasteiger partial charge < -0.3 is 19.4 Å². The van der Waals surface area contributed by atoms with Crippen LogP contribution in [0.15, 0.2) is 24.7 Å². The minimum atomic E-state index is -0.148. The Bertz CT molecular complexity index is 1260. The van der Waals surface area contributed by atoms with Crippen LogP contribution < -0.4 is 10.2 Å². The number of fused-ring (bicyclic) bond motifs is 1. The van der Waals surface area contributed by atoms with Gasteiger partial charge in [-0.1, -0.05) is 47.5 Å². The molecule has 0 bridgehead atoms. The van der Waals surface area contributed by atoms with Gasteiger partial charge in [0.15, 0.2) is 0 Å². The summed E-state index contributed by atoms with van der Waals surface area (Å²) in [6.07, 6.45) is 11.9. The van der Waals surface area contributed by atoms with E-state index in [0.717, 1.165) is 80.7 Å². The first-order valence-electron chi connectivity index (χ1n) is 15.1. The summed E-state index contributed by atoms with van der Waals surface area (Å²) in [5, 5.41) is 13.0. The van der Waals surface area contributed by atoms with Gasteiger partial charge in [0.25, 0.3) is 0 Å². The topological polar surface area (TPSA) is 86.3 Å². The number of nitrogens with zero attached hydrogens (tertiary/aromatic N) is 5. The van der Waals surface area contributed by atoms with Crippen molar-refractivity contribution in [2.45, 2.75) is 106 Å². The lowest BCUT2D eigenvalue weighted by molar-refractivity contribution is -0.107. The van der Waals surface area contributed by atoms with Crippen molar-refractivity contribution in [2.24, 2.45) is 0 Å². The quantitative estimate of drug-likeness (QED) is 0.306. The number of hydrogen-bond donors (Lipinski definition) is 1. The molecule has 41 heavy (non-hydrogen) atoms. The highest BCUT2D eigenvalue weighted by Crippen LogP contribution is 2.30. The Hall–Kier alpha value is -3.31. The summed E-state index contributed by atoms with van der Waals surface area (Å²) in [4.78, 5) is 20.4. The number of aromatic nitrogens is 3. The van der Waals surface area contributed by atoms with Crippen molar-refractivity contribution in [3.05, 3.63) is 58.6 Å². The second-order valence-electron chi connectivity index (χ2n) is 10.7. The maximum Gasteiger partial charge on any atom is 0.139 e. The maximum absolute atomic E-state index is 13.5. The van der Waals surface area contributed by atoms with Crippen molar-refractivity contribution in [3.8, 4) is 6.07 Å². The number of nitriles is 1. The third-order valence-electron chi connectivity index (χ3n) is 6.54. The van der Waals surface area contributed by atoms with Gasteiger partial charge in [-0.2, -0.15) is 5.26 Å². The zero-order valence-corrected chi connectivity index (χ0v) is 26.8. The molecule has 0 unspecified atom stereocenters. The van der Waals surface area contributed by atoms with Crippen LogP contribution in [0.5, 0.6) is 0 Å². The number of anilines is 1. The molecule has 1 fully saturated rings. The average Bonchev–Trinajstić information content (AvgIpc) is 3.30. The zero-order chi connectivity index (χ0) is 31.0. The van der Waals surface area contributed by atoms with Crippen LogP contribution in [-0.4, -0.2) is 45.8 Å². The fourth-order valence-corrected chi connectivity index (χ4v) is 4.71. The SMILES string of the molecule is CC.CCCC=O.CCCc1c(C)ncc(C#N)c1N1CCNC(C)(C)C1.CCCc1cn2cc(C)nc2cc1F. The molecule has 0 saturated carbocycles. The molecule has 3 aromatic rings. The molecule has 4 rings (SSSR count). The first kappa shape index (κ1) is 35.7. The number of aldehydes is 1. The van der Waals surface area contributed by atoms with E-state index >= 15 is 0 Å². The summed E-state index contributed by atoms with van der Waals surface area (Å²) in [7, 11) is 0. The van der Waals surface area contributed by atoms with Gasteiger partial charge in [0, 0.05) is 67.5 Å². The molecule has 1 saturated heterocycles. The molecule has 226 valence electrons. The van der Waals surface area contributed by atoms with E-state index < -0.39 is 0 Å². The fourth-order valence-electron chi connectivity index (χ4n) is 4.71. The Balaban J connectivity index is 0.000000347. The number of hydrogen-bond acceptors (Lipinski definition) is 6. The van der Waals surface area contributed by atoms with E-state index in [0.29, 0.717) is 17.6 Å². The van der Waals surface area contributed by atoms with Crippen LogP contribution in [0.1, 0.15) is 102 Å². The summed E-state index contributed by atoms with van der Waals surface area (Å²) in [5.41, 5.74) is 6.54. The zero-order valence-electron chi connectivity index (χ0n) is 26.8. The van der Waals surface area contributed by atoms with E-state index in [4.69, 9.17) is 0 Å². The number of piperazine rings is 1. The summed E-state index contributed by atoms with van der Waals surface area (Å²) < 4.78 is 15.3. The van der Waals surface area contributed by atoms with E-state index in [1.165, 1.54) is 11.6 Å². The first-order valence-corrected chi connectivity index (χ1v) is 15.1. The molecule has 1 aliphatic heterocycles. The smallest absolute Gasteiger partial charge is 0.139 e. The van der Waals surface area contributed by atoms with Crippen molar-refractivity contribution < 1.29 is 9.18 Å². The van der Waals surface area contributed by atoms with Crippen molar-refractivity contribution in [3.63, 3.8) is 0 Å². The molecule has 0 aromatic carbocycles. The normalized spacial score (nSPS) is 13.5. The van der Waals surface area contributed by atoms with Crippen LogP contribution in [0.2, 0.25) is 0 Å². The summed E-state index contributed by atoms with van der Waals surface area (Å²) in [6.45, 7) is 21.4. The van der Waals surface area contributed by atoms with Crippen LogP contribution in [0, 0.1) is 31.0 Å². The molecule has 1 N–H and O–H groups in total. The van der Waals surface area contributed by atoms with E-state index in [9.17, 15) is 14.4 Å². The molecule has 0 aliphatic carbocycles. The largest absolute Gasteiger partial charge is 0.367 e. The monoisotopic (exact) mass is 566 g/mol. The highest BCUT2D eigenvalue weighted by Gasteiger charge is 2.29. The van der Waals surface area contributed by atoms with Gasteiger partial charge >= 0.3 is 0 Å². The van der Waals surface area contributed by atoms with E-state index in [2.05, 4.69) is 47.0 Å². The van der Waals surface area contributed by atoms with Gasteiger partial charge in [-0.05, 0) is 52.5 Å². The highest BCUT2D eigenvalue weighted by molar-refractivity contribution is 5.65. The Morgan fingerprint density at radius 1 is 1.12 bits per heavy atom. The molecular formula is C33H51FN6O. The van der Waals surface area contributed by atoms with Crippen molar-refractivity contribution in [1.82, 2.24) is 19.7 Å². The van der Waals surface area contributed by atoms with Gasteiger partial charge in [-0.15, -0.1) is 0 Å². The van der Waals surface area contributed by atoms with Crippen molar-refractivity contribution in [2.75, 3.05) is 24.5 Å². The second kappa shape index (κ2) is 18.2. The third kappa shape index (κ3) is 10.9. The Labute approximate surface area is 247 Å². The Morgan fingerprint density at radius 3 is 2.34 bits per heavy atom. The highest BCUT2D eigenvalue weighted by atomic mass is 19.1. The number of nitrogens with one attached hydrogen (secondary N) is 1. The number of imidazole rings is 1. The van der Waals surface area contributed by atoms with Gasteiger partial charge in [0.1, 0.15) is 23.8 Å². The van der Waals surface area contributed by atoms with Gasteiger partial charge in [-0.3, -0.25) is 4.98 Å². The van der Waals surface area contributed by atoms with Crippen LogP contribution in [-0.2, 0) is 17.6 Å². The van der Waals surface area contributed by atoms with Gasteiger partial charge in [0.2, 0.25) is 0 Å². The molecule has 3 aromatic heterocycles. The predicted molar refractivity (Wildman–Crippen MR) is 168 cm³/mol. The number of carbonyl (C=O) groups excluding carboxylic acids is 1. The minimum Gasteiger partial charge on any atom is -0.367 e. The van der Waals surface area contributed by atoms with Gasteiger partial charge in [-0.25, -0.2) is 9.37 Å². The average molecular weight is 567 g/mol. The predicted octanol–water partition coefficient (Wildman–Crippen LogP) is 7.15. The van der Waals surface area contributed by atoms with E-state index in [1.807, 2.05) is 58.3 Å². The Kier molecular flexibility index (Phi) is 15.8. The lowest BCUT2D eigenvalue weighted by Crippen LogP contribution is -2.57. The molecule has 8 heteroatoms. The molecule has 0 amide bonds. The molecule has 7 nitrogen and oxygen atoms in total. The molecule has 0 spiro atoms. The lowest BCUT2D eigenvalue weighted by atomic mass is 9.97. The number of unbranched alkanes of at least 4 members (excludes halogenated alkanes) is 1. The molecule has 0 atom stereocenters. The summed E-state index contributed by atoms with van der Waals surface area (Å²) in [6, 6.07) is 3.82.